The first-order chi connectivity index (χ1) is 8.26. The number of esters is 1. The highest BCUT2D eigenvalue weighted by molar-refractivity contribution is 5.94. The van der Waals surface area contributed by atoms with Crippen LogP contribution in [0, 0.1) is 0 Å². The molecule has 0 aliphatic carbocycles. The third kappa shape index (κ3) is 2.24. The molecule has 1 N–H and O–H groups in total. The van der Waals surface area contributed by atoms with Crippen molar-refractivity contribution in [1.29, 1.82) is 0 Å². The van der Waals surface area contributed by atoms with E-state index in [0.717, 1.165) is 0 Å². The maximum atomic E-state index is 11.6. The molecule has 0 amide bonds. The lowest BCUT2D eigenvalue weighted by Crippen LogP contribution is -2.03. The molecule has 5 heteroatoms. The number of hydrogen-bond donors (Lipinski definition) is 1. The molecule has 0 radical (unpaired) electrons. The first-order valence-corrected chi connectivity index (χ1v) is 5.05. The fraction of sp³-hybridized carbons (Fsp3) is 0.250. The lowest BCUT2D eigenvalue weighted by molar-refractivity contribution is 0.0600. The molecule has 1 aromatic rings. The van der Waals surface area contributed by atoms with Crippen LogP contribution in [0.2, 0.25) is 0 Å². The molecule has 1 aromatic carbocycles. The first-order valence-electron chi connectivity index (χ1n) is 5.05. The normalized spacial score (nSPS) is 13.1. The predicted molar refractivity (Wildman–Crippen MR) is 60.0 cm³/mol. The first kappa shape index (κ1) is 11.5. The average molecular weight is 236 g/mol. The van der Waals surface area contributed by atoms with Crippen LogP contribution in [-0.2, 0) is 4.74 Å². The van der Waals surface area contributed by atoms with Crippen molar-refractivity contribution in [1.82, 2.24) is 0 Å². The van der Waals surface area contributed by atoms with Crippen molar-refractivity contribution in [2.75, 3.05) is 20.5 Å². The Balaban J connectivity index is 2.46. The average Bonchev–Trinajstić information content (AvgIpc) is 2.81. The van der Waals surface area contributed by atoms with Crippen LogP contribution in [0.4, 0.5) is 0 Å². The minimum Gasteiger partial charge on any atom is -0.465 e. The molecule has 90 valence electrons. The van der Waals surface area contributed by atoms with E-state index in [2.05, 4.69) is 4.74 Å². The lowest BCUT2D eigenvalue weighted by Gasteiger charge is -2.06. The molecule has 5 nitrogen and oxygen atoms in total. The molecule has 0 saturated carbocycles. The molecule has 0 unspecified atom stereocenters. The fourth-order valence-corrected chi connectivity index (χ4v) is 1.56. The molecule has 0 aromatic heterocycles. The van der Waals surface area contributed by atoms with Crippen molar-refractivity contribution in [2.45, 2.75) is 0 Å². The van der Waals surface area contributed by atoms with Crippen molar-refractivity contribution >= 4 is 12.0 Å². The van der Waals surface area contributed by atoms with Gasteiger partial charge in [0.05, 0.1) is 19.3 Å². The summed E-state index contributed by atoms with van der Waals surface area (Å²) >= 11 is 0. The highest BCUT2D eigenvalue weighted by Gasteiger charge is 2.20. The minimum atomic E-state index is -0.458. The standard InChI is InChI=1S/C12H12O5/c1-15-12(14)9-6-11-10(16-7-17-11)5-8(9)3-2-4-13/h2-3,5-6,13H,4,7H2,1H3/b3-2+. The van der Waals surface area contributed by atoms with Crippen LogP contribution in [0.25, 0.3) is 6.08 Å². The summed E-state index contributed by atoms with van der Waals surface area (Å²) in [4.78, 5) is 11.6. The Kier molecular flexibility index (Phi) is 3.30. The zero-order valence-electron chi connectivity index (χ0n) is 9.30. The summed E-state index contributed by atoms with van der Waals surface area (Å²) in [5.41, 5.74) is 0.997. The number of methoxy groups -OCH3 is 1. The van der Waals surface area contributed by atoms with Gasteiger partial charge in [-0.15, -0.1) is 0 Å². The maximum absolute atomic E-state index is 11.6. The smallest absolute Gasteiger partial charge is 0.338 e. The zero-order valence-corrected chi connectivity index (χ0v) is 9.30. The van der Waals surface area contributed by atoms with E-state index < -0.39 is 5.97 Å². The monoisotopic (exact) mass is 236 g/mol. The number of fused-ring (bicyclic) bond motifs is 1. The predicted octanol–water partition coefficient (Wildman–Crippen LogP) is 1.21. The SMILES string of the molecule is COC(=O)c1cc2c(cc1/C=C/CO)OCO2. The molecule has 0 bridgehead atoms. The fourth-order valence-electron chi connectivity index (χ4n) is 1.56. The Labute approximate surface area is 98.2 Å². The van der Waals surface area contributed by atoms with E-state index in [1.807, 2.05) is 0 Å². The van der Waals surface area contributed by atoms with Gasteiger partial charge in [0.2, 0.25) is 6.79 Å². The van der Waals surface area contributed by atoms with Crippen LogP contribution in [0.5, 0.6) is 11.5 Å². The summed E-state index contributed by atoms with van der Waals surface area (Å²) in [5.74, 6) is 0.641. The molecule has 17 heavy (non-hydrogen) atoms. The second-order valence-electron chi connectivity index (χ2n) is 3.37. The Hall–Kier alpha value is -2.01. The Morgan fingerprint density at radius 1 is 1.47 bits per heavy atom. The van der Waals surface area contributed by atoms with Gasteiger partial charge in [-0.3, -0.25) is 0 Å². The van der Waals surface area contributed by atoms with E-state index >= 15 is 0 Å². The summed E-state index contributed by atoms with van der Waals surface area (Å²) in [6.07, 6.45) is 3.16. The molecular weight excluding hydrogens is 224 g/mol. The number of carbonyl (C=O) groups excluding carboxylic acids is 1. The molecule has 0 spiro atoms. The van der Waals surface area contributed by atoms with E-state index in [1.54, 1.807) is 18.2 Å². The van der Waals surface area contributed by atoms with Gasteiger partial charge in [0.25, 0.3) is 0 Å². The lowest BCUT2D eigenvalue weighted by atomic mass is 10.1. The summed E-state index contributed by atoms with van der Waals surface area (Å²) in [7, 11) is 1.31. The molecular formula is C12H12O5. The molecule has 1 aliphatic rings. The molecule has 1 aliphatic heterocycles. The van der Waals surface area contributed by atoms with Crippen LogP contribution in [0.15, 0.2) is 18.2 Å². The van der Waals surface area contributed by atoms with Crippen LogP contribution >= 0.6 is 0 Å². The molecule has 2 rings (SSSR count). The number of ether oxygens (including phenoxy) is 3. The number of aliphatic hydroxyl groups is 1. The summed E-state index contributed by atoms with van der Waals surface area (Å²) in [5, 5.41) is 8.75. The van der Waals surface area contributed by atoms with E-state index in [9.17, 15) is 4.79 Å². The van der Waals surface area contributed by atoms with E-state index in [-0.39, 0.29) is 13.4 Å². The number of hydrogen-bond acceptors (Lipinski definition) is 5. The van der Waals surface area contributed by atoms with E-state index in [1.165, 1.54) is 13.2 Å². The number of carbonyl (C=O) groups is 1. The van der Waals surface area contributed by atoms with Crippen molar-refractivity contribution in [3.63, 3.8) is 0 Å². The Morgan fingerprint density at radius 2 is 2.18 bits per heavy atom. The van der Waals surface area contributed by atoms with Crippen LogP contribution in [0.1, 0.15) is 15.9 Å². The number of aliphatic hydroxyl groups excluding tert-OH is 1. The van der Waals surface area contributed by atoms with Gasteiger partial charge in [-0.05, 0) is 17.7 Å². The quantitative estimate of drug-likeness (QED) is 0.799. The maximum Gasteiger partial charge on any atom is 0.338 e. The Morgan fingerprint density at radius 3 is 2.82 bits per heavy atom. The Bertz CT molecular complexity index is 464. The van der Waals surface area contributed by atoms with Crippen molar-refractivity contribution in [3.05, 3.63) is 29.3 Å². The summed E-state index contributed by atoms with van der Waals surface area (Å²) in [6.45, 7) is 0.0398. The van der Waals surface area contributed by atoms with Crippen LogP contribution in [-0.4, -0.2) is 31.6 Å². The molecule has 0 atom stereocenters. The topological polar surface area (TPSA) is 65.0 Å². The molecule has 0 fully saturated rings. The molecule has 0 saturated heterocycles. The summed E-state index contributed by atoms with van der Waals surface area (Å²) < 4.78 is 15.1. The van der Waals surface area contributed by atoms with Gasteiger partial charge >= 0.3 is 5.97 Å². The third-order valence-corrected chi connectivity index (χ3v) is 2.35. The van der Waals surface area contributed by atoms with Gasteiger partial charge in [0.1, 0.15) is 0 Å². The van der Waals surface area contributed by atoms with Gasteiger partial charge in [0.15, 0.2) is 11.5 Å². The highest BCUT2D eigenvalue weighted by atomic mass is 16.7. The van der Waals surface area contributed by atoms with Crippen molar-refractivity contribution in [2.24, 2.45) is 0 Å². The minimum absolute atomic E-state index is 0.102. The summed E-state index contributed by atoms with van der Waals surface area (Å²) in [6, 6.07) is 3.26. The van der Waals surface area contributed by atoms with Gasteiger partial charge in [-0.25, -0.2) is 4.79 Å². The molecule has 1 heterocycles. The number of benzene rings is 1. The number of rotatable bonds is 3. The van der Waals surface area contributed by atoms with Gasteiger partial charge in [0, 0.05) is 0 Å². The third-order valence-electron chi connectivity index (χ3n) is 2.35. The largest absolute Gasteiger partial charge is 0.465 e. The zero-order chi connectivity index (χ0) is 12.3. The van der Waals surface area contributed by atoms with Gasteiger partial charge < -0.3 is 19.3 Å². The van der Waals surface area contributed by atoms with Gasteiger partial charge in [-0.1, -0.05) is 12.2 Å². The van der Waals surface area contributed by atoms with Crippen LogP contribution < -0.4 is 9.47 Å². The van der Waals surface area contributed by atoms with E-state index in [0.29, 0.717) is 22.6 Å². The highest BCUT2D eigenvalue weighted by Crippen LogP contribution is 2.35. The van der Waals surface area contributed by atoms with Crippen molar-refractivity contribution in [3.8, 4) is 11.5 Å². The second-order valence-corrected chi connectivity index (χ2v) is 3.37. The van der Waals surface area contributed by atoms with Gasteiger partial charge in [-0.2, -0.15) is 0 Å². The second kappa shape index (κ2) is 4.88. The van der Waals surface area contributed by atoms with E-state index in [4.69, 9.17) is 14.6 Å². The van der Waals surface area contributed by atoms with Crippen LogP contribution in [0.3, 0.4) is 0 Å². The van der Waals surface area contributed by atoms with Crippen molar-refractivity contribution < 1.29 is 24.1 Å².